The van der Waals surface area contributed by atoms with Gasteiger partial charge in [0, 0.05) is 24.0 Å². The summed E-state index contributed by atoms with van der Waals surface area (Å²) in [6, 6.07) is 9.50. The van der Waals surface area contributed by atoms with Crippen molar-refractivity contribution in [2.75, 3.05) is 6.54 Å². The lowest BCUT2D eigenvalue weighted by atomic mass is 9.96. The first-order chi connectivity index (χ1) is 10.6. The van der Waals surface area contributed by atoms with Crippen molar-refractivity contribution in [2.45, 2.75) is 58.2 Å². The van der Waals surface area contributed by atoms with Crippen molar-refractivity contribution in [1.29, 1.82) is 0 Å². The van der Waals surface area contributed by atoms with E-state index in [9.17, 15) is 9.59 Å². The Labute approximate surface area is 138 Å². The lowest BCUT2D eigenvalue weighted by molar-refractivity contribution is -0.130. The van der Waals surface area contributed by atoms with Gasteiger partial charge in [0.05, 0.1) is 0 Å². The largest absolute Gasteiger partial charge is 0.441 e. The highest BCUT2D eigenvalue weighted by atomic mass is 16.6. The van der Waals surface area contributed by atoms with Gasteiger partial charge in [-0.3, -0.25) is 4.79 Å². The summed E-state index contributed by atoms with van der Waals surface area (Å²) in [5.41, 5.74) is 0.173. The highest BCUT2D eigenvalue weighted by molar-refractivity contribution is 5.93. The molecule has 2 rings (SSSR count). The number of rotatable bonds is 2. The Morgan fingerprint density at radius 2 is 1.78 bits per heavy atom. The lowest BCUT2D eigenvalue weighted by Gasteiger charge is -2.34. The van der Waals surface area contributed by atoms with Crippen LogP contribution >= 0.6 is 0 Å². The van der Waals surface area contributed by atoms with Crippen molar-refractivity contribution < 1.29 is 14.3 Å². The molecule has 23 heavy (non-hydrogen) atoms. The van der Waals surface area contributed by atoms with Gasteiger partial charge >= 0.3 is 6.09 Å². The van der Waals surface area contributed by atoms with Crippen molar-refractivity contribution in [3.8, 4) is 0 Å². The zero-order chi connectivity index (χ0) is 17.3. The maximum absolute atomic E-state index is 12.5. The summed E-state index contributed by atoms with van der Waals surface area (Å²) in [6.45, 7) is 9.99. The van der Waals surface area contributed by atoms with Crippen LogP contribution in [0.4, 0.5) is 4.79 Å². The fourth-order valence-corrected chi connectivity index (χ4v) is 3.13. The average Bonchev–Trinajstić information content (AvgIpc) is 2.51. The van der Waals surface area contributed by atoms with Crippen LogP contribution in [0, 0.1) is 0 Å². The van der Waals surface area contributed by atoms with Gasteiger partial charge < -0.3 is 10.1 Å². The highest BCUT2D eigenvalue weighted by Gasteiger charge is 2.40. The van der Waals surface area contributed by atoms with Crippen LogP contribution in [-0.4, -0.2) is 34.5 Å². The number of nitrogens with one attached hydrogen (secondary N) is 1. The van der Waals surface area contributed by atoms with Gasteiger partial charge in [-0.15, -0.1) is 0 Å². The van der Waals surface area contributed by atoms with E-state index in [4.69, 9.17) is 4.74 Å². The molecule has 0 bridgehead atoms. The maximum atomic E-state index is 12.5. The number of amides is 2. The smallest absolute Gasteiger partial charge is 0.417 e. The second-order valence-electron chi connectivity index (χ2n) is 7.49. The molecule has 1 aromatic rings. The van der Waals surface area contributed by atoms with E-state index in [0.717, 1.165) is 5.56 Å². The number of benzene rings is 1. The Morgan fingerprint density at radius 3 is 2.39 bits per heavy atom. The number of carbonyl (C=O) groups is 2. The van der Waals surface area contributed by atoms with Gasteiger partial charge in [0.2, 0.25) is 5.91 Å². The first-order valence-corrected chi connectivity index (χ1v) is 7.95. The molecule has 1 N–H and O–H groups in total. The van der Waals surface area contributed by atoms with Crippen LogP contribution in [0.5, 0.6) is 0 Å². The minimum absolute atomic E-state index is 0.210. The Kier molecular flexibility index (Phi) is 4.80. The molecule has 2 amide bonds. The van der Waals surface area contributed by atoms with E-state index >= 15 is 0 Å². The van der Waals surface area contributed by atoms with Crippen LogP contribution in [0.2, 0.25) is 0 Å². The summed E-state index contributed by atoms with van der Waals surface area (Å²) in [6.07, 6.45) is -0.728. The highest BCUT2D eigenvalue weighted by Crippen LogP contribution is 2.24. The standard InChI is InChI=1S/C18H26N2O3/c1-13(14-9-7-6-8-10-14)23-16(22)20-12-18(4,5)19-17(2,3)11-15(20)21/h6-10,13,19H,11-12H2,1-5H3. The topological polar surface area (TPSA) is 58.6 Å². The quantitative estimate of drug-likeness (QED) is 0.909. The molecule has 1 aliphatic heterocycles. The summed E-state index contributed by atoms with van der Waals surface area (Å²) >= 11 is 0. The summed E-state index contributed by atoms with van der Waals surface area (Å²) in [5.74, 6) is -0.210. The Bertz CT molecular complexity index is 581. The fraction of sp³-hybridized carbons (Fsp3) is 0.556. The normalized spacial score (nSPS) is 21.4. The molecule has 1 aromatic carbocycles. The first-order valence-electron chi connectivity index (χ1n) is 7.95. The Morgan fingerprint density at radius 1 is 1.17 bits per heavy atom. The van der Waals surface area contributed by atoms with Gasteiger partial charge in [-0.25, -0.2) is 9.69 Å². The zero-order valence-electron chi connectivity index (χ0n) is 14.6. The van der Waals surface area contributed by atoms with E-state index in [1.807, 2.05) is 65.0 Å². The number of hydrogen-bond donors (Lipinski definition) is 1. The van der Waals surface area contributed by atoms with Crippen LogP contribution in [-0.2, 0) is 9.53 Å². The first kappa shape index (κ1) is 17.5. The SMILES string of the molecule is CC(OC(=O)N1CC(C)(C)NC(C)(C)CC1=O)c1ccccc1. The predicted molar refractivity (Wildman–Crippen MR) is 89.0 cm³/mol. The van der Waals surface area contributed by atoms with E-state index in [1.54, 1.807) is 0 Å². The maximum Gasteiger partial charge on any atom is 0.417 e. The third-order valence-corrected chi connectivity index (χ3v) is 3.89. The molecule has 0 aromatic heterocycles. The minimum atomic E-state index is -0.584. The molecule has 126 valence electrons. The second kappa shape index (κ2) is 6.32. The number of imide groups is 1. The van der Waals surface area contributed by atoms with E-state index in [-0.39, 0.29) is 30.0 Å². The number of ether oxygens (including phenoxy) is 1. The summed E-state index contributed by atoms with van der Waals surface area (Å²) < 4.78 is 5.50. The van der Waals surface area contributed by atoms with Crippen LogP contribution in [0.1, 0.15) is 52.7 Å². The van der Waals surface area contributed by atoms with Crippen LogP contribution < -0.4 is 5.32 Å². The predicted octanol–water partition coefficient (Wildman–Crippen LogP) is 3.26. The van der Waals surface area contributed by atoms with Crippen LogP contribution in [0.15, 0.2) is 30.3 Å². The van der Waals surface area contributed by atoms with Crippen molar-refractivity contribution in [3.63, 3.8) is 0 Å². The number of nitrogens with zero attached hydrogens (tertiary/aromatic N) is 1. The van der Waals surface area contributed by atoms with Crippen LogP contribution in [0.25, 0.3) is 0 Å². The molecule has 5 heteroatoms. The van der Waals surface area contributed by atoms with E-state index in [2.05, 4.69) is 5.32 Å². The molecule has 1 fully saturated rings. The molecule has 0 aliphatic carbocycles. The van der Waals surface area contributed by atoms with Gasteiger partial charge in [-0.2, -0.15) is 0 Å². The van der Waals surface area contributed by atoms with E-state index < -0.39 is 12.2 Å². The molecular weight excluding hydrogens is 292 g/mol. The molecule has 1 unspecified atom stereocenters. The molecule has 0 saturated carbocycles. The van der Waals surface area contributed by atoms with Gasteiger partial charge in [-0.1, -0.05) is 30.3 Å². The summed E-state index contributed by atoms with van der Waals surface area (Å²) in [4.78, 5) is 26.2. The third kappa shape index (κ3) is 4.55. The summed E-state index contributed by atoms with van der Waals surface area (Å²) in [5, 5.41) is 3.42. The third-order valence-electron chi connectivity index (χ3n) is 3.89. The molecule has 5 nitrogen and oxygen atoms in total. The van der Waals surface area contributed by atoms with Crippen molar-refractivity contribution >= 4 is 12.0 Å². The van der Waals surface area contributed by atoms with E-state index in [0.29, 0.717) is 0 Å². The van der Waals surface area contributed by atoms with Crippen LogP contribution in [0.3, 0.4) is 0 Å². The second-order valence-corrected chi connectivity index (χ2v) is 7.49. The van der Waals surface area contributed by atoms with Gasteiger partial charge in [0.1, 0.15) is 6.10 Å². The monoisotopic (exact) mass is 318 g/mol. The summed E-state index contributed by atoms with van der Waals surface area (Å²) in [7, 11) is 0. The molecular formula is C18H26N2O3. The minimum Gasteiger partial charge on any atom is -0.441 e. The molecule has 1 atom stereocenters. The Hall–Kier alpha value is -1.88. The van der Waals surface area contributed by atoms with Crippen molar-refractivity contribution in [1.82, 2.24) is 10.2 Å². The average molecular weight is 318 g/mol. The fourth-order valence-electron chi connectivity index (χ4n) is 3.13. The molecule has 1 saturated heterocycles. The molecule has 0 radical (unpaired) electrons. The molecule has 0 spiro atoms. The van der Waals surface area contributed by atoms with Gasteiger partial charge in [-0.05, 0) is 40.2 Å². The van der Waals surface area contributed by atoms with E-state index in [1.165, 1.54) is 4.90 Å². The number of hydrogen-bond acceptors (Lipinski definition) is 4. The van der Waals surface area contributed by atoms with Crippen molar-refractivity contribution in [3.05, 3.63) is 35.9 Å². The van der Waals surface area contributed by atoms with Gasteiger partial charge in [0.15, 0.2) is 0 Å². The number of carbonyl (C=O) groups excluding carboxylic acids is 2. The van der Waals surface area contributed by atoms with Gasteiger partial charge in [0.25, 0.3) is 0 Å². The zero-order valence-corrected chi connectivity index (χ0v) is 14.6. The molecule has 1 heterocycles. The Balaban J connectivity index is 2.13. The lowest BCUT2D eigenvalue weighted by Crippen LogP contribution is -2.54. The van der Waals surface area contributed by atoms with Crippen molar-refractivity contribution in [2.24, 2.45) is 0 Å². The molecule has 1 aliphatic rings.